The fourth-order valence-corrected chi connectivity index (χ4v) is 3.44. The minimum absolute atomic E-state index is 0.795. The Hall–Kier alpha value is -0.380. The van der Waals surface area contributed by atoms with Crippen LogP contribution in [0, 0.1) is 5.92 Å². The summed E-state index contributed by atoms with van der Waals surface area (Å²) in [5.74, 6) is 1.02. The van der Waals surface area contributed by atoms with Crippen LogP contribution in [0.1, 0.15) is 30.6 Å². The van der Waals surface area contributed by atoms with E-state index in [2.05, 4.69) is 27.7 Å². The third-order valence-electron chi connectivity index (χ3n) is 4.23. The second-order valence-corrected chi connectivity index (χ2v) is 6.83. The first kappa shape index (κ1) is 12.6. The Morgan fingerprint density at radius 2 is 2.06 bits per heavy atom. The summed E-state index contributed by atoms with van der Waals surface area (Å²) in [6.07, 6.45) is 6.85. The topological polar surface area (TPSA) is 15.3 Å². The largest absolute Gasteiger partial charge is 0.314 e. The maximum Gasteiger partial charge on any atom is 0.00915 e. The molecule has 0 amide bonds. The van der Waals surface area contributed by atoms with Gasteiger partial charge in [0.25, 0.3) is 0 Å². The minimum Gasteiger partial charge on any atom is -0.314 e. The molecule has 0 unspecified atom stereocenters. The highest BCUT2D eigenvalue weighted by atomic mass is 32.1. The summed E-state index contributed by atoms with van der Waals surface area (Å²) in [7, 11) is 0. The number of hydrogen-bond acceptors (Lipinski definition) is 3. The summed E-state index contributed by atoms with van der Waals surface area (Å²) in [5, 5.41) is 5.93. The van der Waals surface area contributed by atoms with E-state index in [0.29, 0.717) is 0 Å². The molecule has 0 aromatic carbocycles. The van der Waals surface area contributed by atoms with E-state index in [0.717, 1.165) is 12.0 Å². The van der Waals surface area contributed by atoms with Crippen LogP contribution in [-0.4, -0.2) is 37.1 Å². The van der Waals surface area contributed by atoms with Gasteiger partial charge in [0.15, 0.2) is 0 Å². The van der Waals surface area contributed by atoms with Crippen LogP contribution in [0.3, 0.4) is 0 Å². The number of likely N-dealkylation sites (tertiary alicyclic amines) is 1. The van der Waals surface area contributed by atoms with Gasteiger partial charge >= 0.3 is 0 Å². The number of rotatable bonds is 6. The second-order valence-electron chi connectivity index (χ2n) is 5.80. The molecule has 2 aliphatic rings. The van der Waals surface area contributed by atoms with Crippen molar-refractivity contribution >= 4 is 11.3 Å². The molecule has 18 heavy (non-hydrogen) atoms. The molecule has 2 fully saturated rings. The van der Waals surface area contributed by atoms with Crippen molar-refractivity contribution in [3.05, 3.63) is 22.4 Å². The van der Waals surface area contributed by atoms with Gasteiger partial charge in [-0.15, -0.1) is 11.3 Å². The van der Waals surface area contributed by atoms with Gasteiger partial charge < -0.3 is 10.2 Å². The molecule has 2 heterocycles. The van der Waals surface area contributed by atoms with Gasteiger partial charge in [0.05, 0.1) is 0 Å². The van der Waals surface area contributed by atoms with E-state index in [4.69, 9.17) is 0 Å². The minimum atomic E-state index is 0.795. The lowest BCUT2D eigenvalue weighted by molar-refractivity contribution is 0.199. The molecule has 3 heteroatoms. The summed E-state index contributed by atoms with van der Waals surface area (Å²) in [4.78, 5) is 4.17. The highest BCUT2D eigenvalue weighted by molar-refractivity contribution is 7.09. The summed E-state index contributed by atoms with van der Waals surface area (Å²) < 4.78 is 0. The number of thiophene rings is 1. The molecule has 1 saturated heterocycles. The normalized spacial score (nSPS) is 22.4. The van der Waals surface area contributed by atoms with Crippen LogP contribution in [-0.2, 0) is 6.42 Å². The van der Waals surface area contributed by atoms with E-state index >= 15 is 0 Å². The van der Waals surface area contributed by atoms with E-state index in [1.165, 1.54) is 63.2 Å². The van der Waals surface area contributed by atoms with Crippen LogP contribution in [0.2, 0.25) is 0 Å². The number of hydrogen-bond donors (Lipinski definition) is 1. The Kier molecular flexibility index (Phi) is 4.34. The smallest absolute Gasteiger partial charge is 0.00915 e. The highest BCUT2D eigenvalue weighted by Crippen LogP contribution is 2.28. The Morgan fingerprint density at radius 3 is 2.72 bits per heavy atom. The van der Waals surface area contributed by atoms with Crippen molar-refractivity contribution in [2.75, 3.05) is 26.2 Å². The standard InChI is InChI=1S/C15H24N2S/c1-2-15(18-11-1)7-10-17-8-5-14(6-9-17)16-12-13-3-4-13/h1-2,11,13-14,16H,3-10,12H2. The molecule has 3 rings (SSSR count). The first-order valence-electron chi connectivity index (χ1n) is 7.38. The molecule has 0 radical (unpaired) electrons. The average molecular weight is 264 g/mol. The molecule has 1 aromatic heterocycles. The van der Waals surface area contributed by atoms with Crippen molar-refractivity contribution in [2.24, 2.45) is 5.92 Å². The third kappa shape index (κ3) is 3.81. The monoisotopic (exact) mass is 264 g/mol. The van der Waals surface area contributed by atoms with Gasteiger partial charge in [-0.2, -0.15) is 0 Å². The van der Waals surface area contributed by atoms with Crippen LogP contribution in [0.5, 0.6) is 0 Å². The van der Waals surface area contributed by atoms with Crippen LogP contribution in [0.4, 0.5) is 0 Å². The van der Waals surface area contributed by atoms with E-state index < -0.39 is 0 Å². The Labute approximate surface area is 114 Å². The van der Waals surface area contributed by atoms with Crippen molar-refractivity contribution in [1.82, 2.24) is 10.2 Å². The summed E-state index contributed by atoms with van der Waals surface area (Å²) in [6, 6.07) is 5.21. The third-order valence-corrected chi connectivity index (χ3v) is 5.17. The number of piperidine rings is 1. The van der Waals surface area contributed by atoms with E-state index in [1.807, 2.05) is 11.3 Å². The lowest BCUT2D eigenvalue weighted by atomic mass is 10.0. The van der Waals surface area contributed by atoms with E-state index in [1.54, 1.807) is 0 Å². The molecule has 100 valence electrons. The van der Waals surface area contributed by atoms with Gasteiger partial charge in [-0.25, -0.2) is 0 Å². The predicted octanol–water partition coefficient (Wildman–Crippen LogP) is 2.75. The fourth-order valence-electron chi connectivity index (χ4n) is 2.74. The zero-order valence-corrected chi connectivity index (χ0v) is 11.9. The SMILES string of the molecule is c1csc(CCN2CCC(NCC3CC3)CC2)c1. The van der Waals surface area contributed by atoms with E-state index in [9.17, 15) is 0 Å². The molecule has 1 N–H and O–H groups in total. The lowest BCUT2D eigenvalue weighted by Crippen LogP contribution is -2.43. The van der Waals surface area contributed by atoms with Gasteiger partial charge in [0.2, 0.25) is 0 Å². The highest BCUT2D eigenvalue weighted by Gasteiger charge is 2.24. The van der Waals surface area contributed by atoms with Crippen molar-refractivity contribution in [3.63, 3.8) is 0 Å². The summed E-state index contributed by atoms with van der Waals surface area (Å²) >= 11 is 1.89. The van der Waals surface area contributed by atoms with Crippen molar-refractivity contribution in [3.8, 4) is 0 Å². The van der Waals surface area contributed by atoms with Crippen LogP contribution in [0.15, 0.2) is 17.5 Å². The van der Waals surface area contributed by atoms with E-state index in [-0.39, 0.29) is 0 Å². The summed E-state index contributed by atoms with van der Waals surface area (Å²) in [6.45, 7) is 5.09. The van der Waals surface area contributed by atoms with Gasteiger partial charge in [-0.1, -0.05) is 6.07 Å². The lowest BCUT2D eigenvalue weighted by Gasteiger charge is -2.32. The molecule has 0 bridgehead atoms. The van der Waals surface area contributed by atoms with Gasteiger partial charge in [-0.3, -0.25) is 0 Å². The summed E-state index contributed by atoms with van der Waals surface area (Å²) in [5.41, 5.74) is 0. The molecule has 1 aromatic rings. The number of nitrogens with one attached hydrogen (secondary N) is 1. The second kappa shape index (κ2) is 6.18. The first-order chi connectivity index (χ1) is 8.90. The molecule has 1 aliphatic carbocycles. The predicted molar refractivity (Wildman–Crippen MR) is 78.2 cm³/mol. The molecular weight excluding hydrogens is 240 g/mol. The molecule has 1 aliphatic heterocycles. The maximum atomic E-state index is 3.75. The fraction of sp³-hybridized carbons (Fsp3) is 0.733. The zero-order chi connectivity index (χ0) is 12.2. The molecule has 1 saturated carbocycles. The zero-order valence-electron chi connectivity index (χ0n) is 11.1. The Bertz CT molecular complexity index is 337. The molecular formula is C15H24N2S. The maximum absolute atomic E-state index is 3.75. The molecule has 2 nitrogen and oxygen atoms in total. The van der Waals surface area contributed by atoms with Crippen molar-refractivity contribution in [2.45, 2.75) is 38.1 Å². The Balaban J connectivity index is 1.32. The quantitative estimate of drug-likeness (QED) is 0.850. The van der Waals surface area contributed by atoms with Crippen molar-refractivity contribution < 1.29 is 0 Å². The molecule has 0 spiro atoms. The van der Waals surface area contributed by atoms with Crippen LogP contribution in [0.25, 0.3) is 0 Å². The van der Waals surface area contributed by atoms with Crippen LogP contribution < -0.4 is 5.32 Å². The van der Waals surface area contributed by atoms with Gasteiger partial charge in [0, 0.05) is 17.5 Å². The van der Waals surface area contributed by atoms with Gasteiger partial charge in [0.1, 0.15) is 0 Å². The van der Waals surface area contributed by atoms with Gasteiger partial charge in [-0.05, 0) is 69.1 Å². The Morgan fingerprint density at radius 1 is 1.22 bits per heavy atom. The average Bonchev–Trinajstić information content (AvgIpc) is 3.09. The number of nitrogens with zero attached hydrogens (tertiary/aromatic N) is 1. The van der Waals surface area contributed by atoms with Crippen LogP contribution >= 0.6 is 11.3 Å². The molecule has 0 atom stereocenters. The first-order valence-corrected chi connectivity index (χ1v) is 8.26. The van der Waals surface area contributed by atoms with Crippen molar-refractivity contribution in [1.29, 1.82) is 0 Å².